The van der Waals surface area contributed by atoms with Crippen LogP contribution >= 0.6 is 11.8 Å². The van der Waals surface area contributed by atoms with Gasteiger partial charge in [-0.2, -0.15) is 0 Å². The zero-order valence-electron chi connectivity index (χ0n) is 7.32. The summed E-state index contributed by atoms with van der Waals surface area (Å²) in [4.78, 5) is 10.5. The van der Waals surface area contributed by atoms with Gasteiger partial charge in [0.2, 0.25) is 0 Å². The molecule has 1 fully saturated rings. The zero-order valence-corrected chi connectivity index (χ0v) is 8.13. The highest BCUT2D eigenvalue weighted by Crippen LogP contribution is 2.29. The Hall–Kier alpha value is -0.220. The molecule has 0 bridgehead atoms. The van der Waals surface area contributed by atoms with Gasteiger partial charge in [-0.05, 0) is 20.3 Å². The van der Waals surface area contributed by atoms with Gasteiger partial charge in [-0.25, -0.2) is 0 Å². The first-order valence-electron chi connectivity index (χ1n) is 4.11. The van der Waals surface area contributed by atoms with Crippen molar-refractivity contribution in [2.75, 3.05) is 6.61 Å². The Kier molecular flexibility index (Phi) is 3.40. The second kappa shape index (κ2) is 4.14. The number of thioether (sulfide) groups is 1. The molecule has 1 N–H and O–H groups in total. The Morgan fingerprint density at radius 1 is 1.75 bits per heavy atom. The molecule has 0 aromatic rings. The van der Waals surface area contributed by atoms with Gasteiger partial charge in [-0.1, -0.05) is 0 Å². The third-order valence-electron chi connectivity index (χ3n) is 2.03. The highest BCUT2D eigenvalue weighted by molar-refractivity contribution is 8.01. The van der Waals surface area contributed by atoms with E-state index in [0.29, 0.717) is 5.25 Å². The molecule has 0 aromatic heterocycles. The van der Waals surface area contributed by atoms with Crippen LogP contribution in [0.15, 0.2) is 0 Å². The molecule has 1 aliphatic heterocycles. The zero-order chi connectivity index (χ0) is 9.14. The topological polar surface area (TPSA) is 46.5 Å². The molecule has 3 nitrogen and oxygen atoms in total. The van der Waals surface area contributed by atoms with Gasteiger partial charge >= 0.3 is 5.97 Å². The Bertz CT molecular complexity index is 172. The van der Waals surface area contributed by atoms with Crippen molar-refractivity contribution < 1.29 is 14.6 Å². The summed E-state index contributed by atoms with van der Waals surface area (Å²) in [6, 6.07) is 0. The van der Waals surface area contributed by atoms with E-state index in [-0.39, 0.29) is 11.4 Å². The Balaban J connectivity index is 2.35. The van der Waals surface area contributed by atoms with Crippen molar-refractivity contribution in [3.8, 4) is 0 Å². The fourth-order valence-corrected chi connectivity index (χ4v) is 2.38. The summed E-state index contributed by atoms with van der Waals surface area (Å²) in [5.41, 5.74) is 0. The van der Waals surface area contributed by atoms with Crippen molar-refractivity contribution in [3.05, 3.63) is 0 Å². The lowest BCUT2D eigenvalue weighted by molar-refractivity contribution is -0.136. The van der Waals surface area contributed by atoms with Crippen LogP contribution < -0.4 is 0 Å². The van der Waals surface area contributed by atoms with E-state index in [2.05, 4.69) is 0 Å². The standard InChI is InChI=1S/C8H14O3S/c1-5-7(3-4-11-5)12-6(2)8(9)10/h5-7H,3-4H2,1-2H3,(H,9,10). The summed E-state index contributed by atoms with van der Waals surface area (Å²) >= 11 is 1.50. The van der Waals surface area contributed by atoms with E-state index in [4.69, 9.17) is 9.84 Å². The summed E-state index contributed by atoms with van der Waals surface area (Å²) in [6.07, 6.45) is 1.18. The molecule has 0 spiro atoms. The Labute approximate surface area is 76.5 Å². The minimum Gasteiger partial charge on any atom is -0.480 e. The molecule has 70 valence electrons. The molecule has 0 amide bonds. The number of carboxylic acid groups (broad SMARTS) is 1. The number of ether oxygens (including phenoxy) is 1. The third kappa shape index (κ3) is 2.38. The largest absolute Gasteiger partial charge is 0.480 e. The van der Waals surface area contributed by atoms with Crippen molar-refractivity contribution in [1.29, 1.82) is 0 Å². The number of hydrogen-bond donors (Lipinski definition) is 1. The van der Waals surface area contributed by atoms with Crippen molar-refractivity contribution in [2.45, 2.75) is 36.9 Å². The van der Waals surface area contributed by atoms with Crippen LogP contribution in [-0.4, -0.2) is 34.3 Å². The van der Waals surface area contributed by atoms with Gasteiger partial charge in [0.15, 0.2) is 0 Å². The third-order valence-corrected chi connectivity index (χ3v) is 3.61. The number of hydrogen-bond acceptors (Lipinski definition) is 3. The normalized spacial score (nSPS) is 31.8. The SMILES string of the molecule is CC(SC1CCOC1C)C(=O)O. The summed E-state index contributed by atoms with van der Waals surface area (Å²) in [7, 11) is 0. The predicted molar refractivity (Wildman–Crippen MR) is 48.5 cm³/mol. The van der Waals surface area contributed by atoms with Crippen LogP contribution in [0.4, 0.5) is 0 Å². The molecule has 0 radical (unpaired) electrons. The molecular formula is C8H14O3S. The number of carboxylic acids is 1. The van der Waals surface area contributed by atoms with E-state index in [1.54, 1.807) is 6.92 Å². The van der Waals surface area contributed by atoms with Gasteiger partial charge < -0.3 is 9.84 Å². The molecule has 1 rings (SSSR count). The first-order chi connectivity index (χ1) is 5.61. The van der Waals surface area contributed by atoms with Crippen LogP contribution in [0, 0.1) is 0 Å². The predicted octanol–water partition coefficient (Wildman–Crippen LogP) is 1.37. The maximum absolute atomic E-state index is 10.5. The summed E-state index contributed by atoms with van der Waals surface area (Å²) in [5, 5.41) is 8.70. The van der Waals surface area contributed by atoms with Crippen LogP contribution in [0.2, 0.25) is 0 Å². The van der Waals surface area contributed by atoms with Crippen molar-refractivity contribution in [1.82, 2.24) is 0 Å². The molecule has 0 saturated carbocycles. The molecule has 12 heavy (non-hydrogen) atoms. The maximum Gasteiger partial charge on any atom is 0.316 e. The average Bonchev–Trinajstić information content (AvgIpc) is 2.36. The highest BCUT2D eigenvalue weighted by Gasteiger charge is 2.28. The van der Waals surface area contributed by atoms with Gasteiger partial charge in [0.25, 0.3) is 0 Å². The fraction of sp³-hybridized carbons (Fsp3) is 0.875. The minimum absolute atomic E-state index is 0.205. The maximum atomic E-state index is 10.5. The lowest BCUT2D eigenvalue weighted by atomic mass is 10.3. The first kappa shape index (κ1) is 9.86. The van der Waals surface area contributed by atoms with Gasteiger partial charge in [0.05, 0.1) is 11.4 Å². The Morgan fingerprint density at radius 3 is 2.83 bits per heavy atom. The number of rotatable bonds is 3. The molecule has 3 unspecified atom stereocenters. The molecular weight excluding hydrogens is 176 g/mol. The van der Waals surface area contributed by atoms with Crippen LogP contribution in [0.25, 0.3) is 0 Å². The van der Waals surface area contributed by atoms with Crippen molar-refractivity contribution in [2.24, 2.45) is 0 Å². The van der Waals surface area contributed by atoms with Gasteiger partial charge in [-0.3, -0.25) is 4.79 Å². The lowest BCUT2D eigenvalue weighted by Gasteiger charge is -2.15. The van der Waals surface area contributed by atoms with Crippen LogP contribution in [0.5, 0.6) is 0 Å². The molecule has 1 heterocycles. The van der Waals surface area contributed by atoms with Gasteiger partial charge in [0, 0.05) is 11.9 Å². The fourth-order valence-electron chi connectivity index (χ4n) is 1.21. The van der Waals surface area contributed by atoms with Crippen LogP contribution in [-0.2, 0) is 9.53 Å². The number of aliphatic carboxylic acids is 1. The van der Waals surface area contributed by atoms with E-state index in [1.807, 2.05) is 6.92 Å². The van der Waals surface area contributed by atoms with Crippen molar-refractivity contribution >= 4 is 17.7 Å². The van der Waals surface area contributed by atoms with Gasteiger partial charge in [-0.15, -0.1) is 11.8 Å². The lowest BCUT2D eigenvalue weighted by Crippen LogP contribution is -2.21. The molecule has 0 aromatic carbocycles. The Morgan fingerprint density at radius 2 is 2.42 bits per heavy atom. The molecule has 3 atom stereocenters. The van der Waals surface area contributed by atoms with E-state index in [0.717, 1.165) is 13.0 Å². The second-order valence-corrected chi connectivity index (χ2v) is 4.60. The van der Waals surface area contributed by atoms with Gasteiger partial charge in [0.1, 0.15) is 0 Å². The summed E-state index contributed by atoms with van der Waals surface area (Å²) in [6.45, 7) is 4.49. The van der Waals surface area contributed by atoms with E-state index >= 15 is 0 Å². The molecule has 1 saturated heterocycles. The monoisotopic (exact) mass is 190 g/mol. The molecule has 4 heteroatoms. The average molecular weight is 190 g/mol. The highest BCUT2D eigenvalue weighted by atomic mass is 32.2. The summed E-state index contributed by atoms with van der Waals surface area (Å²) in [5.74, 6) is -0.737. The van der Waals surface area contributed by atoms with E-state index in [1.165, 1.54) is 11.8 Å². The van der Waals surface area contributed by atoms with Crippen LogP contribution in [0.3, 0.4) is 0 Å². The molecule has 1 aliphatic rings. The first-order valence-corrected chi connectivity index (χ1v) is 5.05. The number of carbonyl (C=O) groups is 1. The van der Waals surface area contributed by atoms with Crippen LogP contribution in [0.1, 0.15) is 20.3 Å². The summed E-state index contributed by atoms with van der Waals surface area (Å²) < 4.78 is 5.33. The quantitative estimate of drug-likeness (QED) is 0.730. The van der Waals surface area contributed by atoms with E-state index < -0.39 is 5.97 Å². The minimum atomic E-state index is -0.737. The van der Waals surface area contributed by atoms with E-state index in [9.17, 15) is 4.79 Å². The smallest absolute Gasteiger partial charge is 0.316 e. The van der Waals surface area contributed by atoms with Crippen molar-refractivity contribution in [3.63, 3.8) is 0 Å². The molecule has 0 aliphatic carbocycles. The second-order valence-electron chi connectivity index (χ2n) is 3.02.